The summed E-state index contributed by atoms with van der Waals surface area (Å²) in [5.41, 5.74) is 2.22. The Labute approximate surface area is 161 Å². The van der Waals surface area contributed by atoms with Crippen molar-refractivity contribution >= 4 is 13.5 Å². The molecule has 27 heavy (non-hydrogen) atoms. The maximum absolute atomic E-state index is 13.7. The number of hydrogen-bond acceptors (Lipinski definition) is 4. The monoisotopic (exact) mass is 389 g/mol. The van der Waals surface area contributed by atoms with Gasteiger partial charge in [0.25, 0.3) is 5.91 Å². The second-order valence-corrected chi connectivity index (χ2v) is 9.02. The topological polar surface area (TPSA) is 64.6 Å². The first-order valence-corrected chi connectivity index (χ1v) is 10.7. The van der Waals surface area contributed by atoms with Crippen LogP contribution in [-0.2, 0) is 13.6 Å². The fourth-order valence-corrected chi connectivity index (χ4v) is 4.91. The van der Waals surface area contributed by atoms with Gasteiger partial charge in [-0.15, -0.1) is 0 Å². The molecule has 0 spiro atoms. The van der Waals surface area contributed by atoms with Gasteiger partial charge in [0.15, 0.2) is 5.78 Å². The van der Waals surface area contributed by atoms with Crippen LogP contribution in [0.25, 0.3) is 0 Å². The van der Waals surface area contributed by atoms with Crippen LogP contribution in [0.4, 0.5) is 0 Å². The van der Waals surface area contributed by atoms with Crippen molar-refractivity contribution in [3.63, 3.8) is 0 Å². The van der Waals surface area contributed by atoms with Crippen LogP contribution in [0.2, 0.25) is 0 Å². The van der Waals surface area contributed by atoms with Crippen molar-refractivity contribution in [2.75, 3.05) is 0 Å². The van der Waals surface area contributed by atoms with Crippen molar-refractivity contribution < 1.29 is 18.4 Å². The SMILES string of the molecule is Cc1ccc(C(=O)NC(c2ccccc2)P(=O)(OC(C)C)OC(C)C)cc1. The zero-order valence-corrected chi connectivity index (χ0v) is 17.4. The molecule has 1 amide bonds. The summed E-state index contributed by atoms with van der Waals surface area (Å²) in [4.78, 5) is 12.8. The molecule has 0 aromatic heterocycles. The Bertz CT molecular complexity index is 774. The number of aryl methyl sites for hydroxylation is 1. The number of hydrogen-bond donors (Lipinski definition) is 1. The highest BCUT2D eigenvalue weighted by atomic mass is 31.2. The van der Waals surface area contributed by atoms with Crippen LogP contribution in [0.3, 0.4) is 0 Å². The highest BCUT2D eigenvalue weighted by Gasteiger charge is 2.40. The second kappa shape index (κ2) is 9.32. The standard InChI is InChI=1S/C21H28NO4P/c1-15(2)25-27(24,26-16(3)4)21(19-9-7-6-8-10-19)22-20(23)18-13-11-17(5)12-14-18/h6-16,21H,1-5H3,(H,22,23). The van der Waals surface area contributed by atoms with Crippen LogP contribution >= 0.6 is 7.60 Å². The molecular weight excluding hydrogens is 361 g/mol. The van der Waals surface area contributed by atoms with E-state index < -0.39 is 13.4 Å². The number of carbonyl (C=O) groups is 1. The van der Waals surface area contributed by atoms with Crippen molar-refractivity contribution in [3.05, 3.63) is 71.3 Å². The third kappa shape index (κ3) is 6.03. The minimum Gasteiger partial charge on any atom is -0.334 e. The summed E-state index contributed by atoms with van der Waals surface area (Å²) in [7, 11) is -3.68. The van der Waals surface area contributed by atoms with E-state index >= 15 is 0 Å². The van der Waals surface area contributed by atoms with Gasteiger partial charge in [0.05, 0.1) is 12.2 Å². The van der Waals surface area contributed by atoms with Crippen molar-refractivity contribution in [3.8, 4) is 0 Å². The average Bonchev–Trinajstić information content (AvgIpc) is 2.59. The third-order valence-electron chi connectivity index (χ3n) is 3.73. The largest absolute Gasteiger partial charge is 0.357 e. The lowest BCUT2D eigenvalue weighted by molar-refractivity contribution is 0.0919. The zero-order valence-electron chi connectivity index (χ0n) is 16.5. The molecule has 1 N–H and O–H groups in total. The molecule has 0 aliphatic carbocycles. The predicted molar refractivity (Wildman–Crippen MR) is 108 cm³/mol. The van der Waals surface area contributed by atoms with Gasteiger partial charge in [-0.3, -0.25) is 9.36 Å². The molecule has 6 heteroatoms. The van der Waals surface area contributed by atoms with E-state index in [1.807, 2.05) is 37.3 Å². The minimum atomic E-state index is -3.68. The molecule has 2 rings (SSSR count). The Morgan fingerprint density at radius 1 is 0.889 bits per heavy atom. The fraction of sp³-hybridized carbons (Fsp3) is 0.381. The van der Waals surface area contributed by atoms with E-state index in [1.54, 1.807) is 52.0 Å². The maximum Gasteiger partial charge on any atom is 0.357 e. The summed E-state index contributed by atoms with van der Waals surface area (Å²) in [6.45, 7) is 9.12. The molecule has 1 atom stereocenters. The first kappa shape index (κ1) is 21.4. The molecule has 146 valence electrons. The molecule has 0 saturated heterocycles. The first-order valence-electron chi connectivity index (χ1n) is 9.10. The molecule has 0 fully saturated rings. The van der Waals surface area contributed by atoms with E-state index in [0.717, 1.165) is 5.56 Å². The van der Waals surface area contributed by atoms with Gasteiger partial charge < -0.3 is 14.4 Å². The molecule has 0 saturated carbocycles. The lowest BCUT2D eigenvalue weighted by atomic mass is 10.1. The van der Waals surface area contributed by atoms with E-state index in [0.29, 0.717) is 11.1 Å². The molecule has 0 radical (unpaired) electrons. The van der Waals surface area contributed by atoms with Gasteiger partial charge in [-0.1, -0.05) is 48.0 Å². The van der Waals surface area contributed by atoms with Crippen molar-refractivity contribution in [1.82, 2.24) is 5.32 Å². The Morgan fingerprint density at radius 3 is 1.89 bits per heavy atom. The number of amides is 1. The summed E-state index contributed by atoms with van der Waals surface area (Å²) in [6.07, 6.45) is -0.644. The number of rotatable bonds is 8. The van der Waals surface area contributed by atoms with Gasteiger partial charge in [0.1, 0.15) is 0 Å². The normalized spacial score (nSPS) is 13.0. The number of nitrogens with one attached hydrogen (secondary N) is 1. The average molecular weight is 389 g/mol. The first-order chi connectivity index (χ1) is 12.7. The quantitative estimate of drug-likeness (QED) is 0.608. The smallest absolute Gasteiger partial charge is 0.334 e. The zero-order chi connectivity index (χ0) is 20.0. The van der Waals surface area contributed by atoms with Crippen molar-refractivity contribution in [1.29, 1.82) is 0 Å². The Hall–Kier alpha value is -1.94. The Morgan fingerprint density at radius 2 is 1.41 bits per heavy atom. The summed E-state index contributed by atoms with van der Waals surface area (Å²) < 4.78 is 25.2. The number of benzene rings is 2. The lowest BCUT2D eigenvalue weighted by Crippen LogP contribution is -2.31. The van der Waals surface area contributed by atoms with Crippen LogP contribution in [-0.4, -0.2) is 18.1 Å². The van der Waals surface area contributed by atoms with Gasteiger partial charge in [-0.05, 0) is 52.3 Å². The van der Waals surface area contributed by atoms with Crippen LogP contribution < -0.4 is 5.32 Å². The highest BCUT2D eigenvalue weighted by molar-refractivity contribution is 7.54. The molecule has 0 heterocycles. The van der Waals surface area contributed by atoms with Crippen LogP contribution in [0, 0.1) is 6.92 Å². The van der Waals surface area contributed by atoms with E-state index in [4.69, 9.17) is 9.05 Å². The van der Waals surface area contributed by atoms with E-state index in [2.05, 4.69) is 5.32 Å². The number of carbonyl (C=O) groups excluding carboxylic acids is 1. The highest BCUT2D eigenvalue weighted by Crippen LogP contribution is 2.61. The van der Waals surface area contributed by atoms with Crippen LogP contribution in [0.15, 0.2) is 54.6 Å². The predicted octanol–water partition coefficient (Wildman–Crippen LogP) is 5.47. The lowest BCUT2D eigenvalue weighted by Gasteiger charge is -2.30. The summed E-state index contributed by atoms with van der Waals surface area (Å²) in [6, 6.07) is 16.3. The summed E-state index contributed by atoms with van der Waals surface area (Å²) >= 11 is 0. The second-order valence-electron chi connectivity index (χ2n) is 7.00. The van der Waals surface area contributed by atoms with Crippen molar-refractivity contribution in [2.24, 2.45) is 0 Å². The minimum absolute atomic E-state index is 0.322. The van der Waals surface area contributed by atoms with Gasteiger partial charge in [-0.2, -0.15) is 0 Å². The molecule has 2 aromatic rings. The van der Waals surface area contributed by atoms with E-state index in [9.17, 15) is 9.36 Å². The van der Waals surface area contributed by atoms with Gasteiger partial charge >= 0.3 is 7.60 Å². The molecule has 2 aromatic carbocycles. The van der Waals surface area contributed by atoms with Gasteiger partial charge in [-0.25, -0.2) is 0 Å². The molecule has 1 unspecified atom stereocenters. The Balaban J connectivity index is 2.42. The maximum atomic E-state index is 13.7. The summed E-state index contributed by atoms with van der Waals surface area (Å²) in [5, 5.41) is 2.87. The fourth-order valence-electron chi connectivity index (χ4n) is 2.63. The van der Waals surface area contributed by atoms with Crippen molar-refractivity contribution in [2.45, 2.75) is 52.6 Å². The molecule has 0 bridgehead atoms. The van der Waals surface area contributed by atoms with E-state index in [1.165, 1.54) is 0 Å². The third-order valence-corrected chi connectivity index (χ3v) is 6.22. The van der Waals surface area contributed by atoms with Gasteiger partial charge in [0, 0.05) is 5.56 Å². The van der Waals surface area contributed by atoms with Gasteiger partial charge in [0.2, 0.25) is 0 Å². The molecule has 0 aliphatic heterocycles. The van der Waals surface area contributed by atoms with Crippen LogP contribution in [0.5, 0.6) is 0 Å². The van der Waals surface area contributed by atoms with Crippen LogP contribution in [0.1, 0.15) is 55.0 Å². The molecule has 5 nitrogen and oxygen atoms in total. The molecule has 0 aliphatic rings. The van der Waals surface area contributed by atoms with E-state index in [-0.39, 0.29) is 18.1 Å². The Kier molecular flexibility index (Phi) is 7.37. The molecular formula is C21H28NO4P. The summed E-state index contributed by atoms with van der Waals surface area (Å²) in [5.74, 6) is -1.24.